The summed E-state index contributed by atoms with van der Waals surface area (Å²) < 4.78 is 24.7. The van der Waals surface area contributed by atoms with Gasteiger partial charge in [0, 0.05) is 12.6 Å². The summed E-state index contributed by atoms with van der Waals surface area (Å²) in [5.74, 6) is 1.12. The lowest BCUT2D eigenvalue weighted by Gasteiger charge is -2.10. The Hall–Kier alpha value is -3.01. The van der Waals surface area contributed by atoms with E-state index < -0.39 is 0 Å². The Morgan fingerprint density at radius 2 is 1.56 bits per heavy atom. The van der Waals surface area contributed by atoms with E-state index in [1.54, 1.807) is 19.2 Å². The maximum absolute atomic E-state index is 13.8. The molecule has 0 unspecified atom stereocenters. The van der Waals surface area contributed by atoms with Gasteiger partial charge in [0.1, 0.15) is 23.9 Å². The number of halogens is 1. The summed E-state index contributed by atoms with van der Waals surface area (Å²) in [5.41, 5.74) is 2.58. The van der Waals surface area contributed by atoms with Crippen LogP contribution in [0.25, 0.3) is 0 Å². The number of methoxy groups -OCH3 is 1. The van der Waals surface area contributed by atoms with Crippen LogP contribution in [-0.4, -0.2) is 7.11 Å². The van der Waals surface area contributed by atoms with Crippen LogP contribution in [0.1, 0.15) is 11.1 Å². The van der Waals surface area contributed by atoms with Gasteiger partial charge in [0.25, 0.3) is 0 Å². The first-order valence-electron chi connectivity index (χ1n) is 8.07. The van der Waals surface area contributed by atoms with Crippen LogP contribution in [0, 0.1) is 5.82 Å². The summed E-state index contributed by atoms with van der Waals surface area (Å²) in [6.07, 6.45) is 0. The van der Waals surface area contributed by atoms with Crippen molar-refractivity contribution in [3.05, 3.63) is 89.7 Å². The van der Waals surface area contributed by atoms with E-state index in [4.69, 9.17) is 9.47 Å². The molecular formula is C21H20FNO2. The van der Waals surface area contributed by atoms with Gasteiger partial charge in [-0.1, -0.05) is 42.5 Å². The molecule has 3 nitrogen and oxygen atoms in total. The molecule has 0 aliphatic carbocycles. The van der Waals surface area contributed by atoms with Gasteiger partial charge in [-0.3, -0.25) is 0 Å². The van der Waals surface area contributed by atoms with Crippen molar-refractivity contribution in [1.29, 1.82) is 0 Å². The van der Waals surface area contributed by atoms with Crippen molar-refractivity contribution in [3.63, 3.8) is 0 Å². The summed E-state index contributed by atoms with van der Waals surface area (Å²) in [7, 11) is 1.56. The van der Waals surface area contributed by atoms with Crippen LogP contribution in [0.5, 0.6) is 11.5 Å². The van der Waals surface area contributed by atoms with Crippen LogP contribution in [0.2, 0.25) is 0 Å². The largest absolute Gasteiger partial charge is 0.497 e. The molecule has 0 bridgehead atoms. The molecule has 0 fully saturated rings. The quantitative estimate of drug-likeness (QED) is 0.656. The first-order chi connectivity index (χ1) is 12.2. The molecule has 3 rings (SSSR count). The van der Waals surface area contributed by atoms with Crippen LogP contribution in [-0.2, 0) is 13.2 Å². The molecule has 3 aromatic carbocycles. The molecule has 128 valence electrons. The summed E-state index contributed by atoms with van der Waals surface area (Å²) in [4.78, 5) is 0. The maximum Gasteiger partial charge on any atom is 0.146 e. The van der Waals surface area contributed by atoms with Crippen molar-refractivity contribution in [2.45, 2.75) is 13.2 Å². The van der Waals surface area contributed by atoms with E-state index in [-0.39, 0.29) is 5.82 Å². The standard InChI is InChI=1S/C21H20FNO2/c1-24-19-11-12-20(22)21(13-19)23-14-16-7-9-18(10-8-16)25-15-17-5-3-2-4-6-17/h2-13,23H,14-15H2,1H3. The highest BCUT2D eigenvalue weighted by Crippen LogP contribution is 2.22. The second-order valence-electron chi connectivity index (χ2n) is 5.62. The molecule has 3 aromatic rings. The molecule has 0 atom stereocenters. The van der Waals surface area contributed by atoms with E-state index >= 15 is 0 Å². The summed E-state index contributed by atoms with van der Waals surface area (Å²) >= 11 is 0. The van der Waals surface area contributed by atoms with Crippen molar-refractivity contribution in [1.82, 2.24) is 0 Å². The van der Waals surface area contributed by atoms with Gasteiger partial charge in [0.2, 0.25) is 0 Å². The van der Waals surface area contributed by atoms with Crippen molar-refractivity contribution >= 4 is 5.69 Å². The van der Waals surface area contributed by atoms with Crippen molar-refractivity contribution in [2.75, 3.05) is 12.4 Å². The van der Waals surface area contributed by atoms with E-state index in [9.17, 15) is 4.39 Å². The summed E-state index contributed by atoms with van der Waals surface area (Å²) in [6, 6.07) is 22.4. The molecule has 0 radical (unpaired) electrons. The fourth-order valence-electron chi connectivity index (χ4n) is 2.41. The fourth-order valence-corrected chi connectivity index (χ4v) is 2.41. The Balaban J connectivity index is 1.56. The zero-order valence-corrected chi connectivity index (χ0v) is 14.0. The molecule has 25 heavy (non-hydrogen) atoms. The summed E-state index contributed by atoms with van der Waals surface area (Å²) in [6.45, 7) is 1.05. The van der Waals surface area contributed by atoms with Crippen molar-refractivity contribution in [2.24, 2.45) is 0 Å². The molecular weight excluding hydrogens is 317 g/mol. The Morgan fingerprint density at radius 1 is 0.840 bits per heavy atom. The lowest BCUT2D eigenvalue weighted by atomic mass is 10.2. The van der Waals surface area contributed by atoms with Crippen LogP contribution in [0.4, 0.5) is 10.1 Å². The molecule has 0 spiro atoms. The third-order valence-corrected chi connectivity index (χ3v) is 3.83. The Kier molecular flexibility index (Phi) is 5.52. The Labute approximate surface area is 147 Å². The van der Waals surface area contributed by atoms with Crippen LogP contribution in [0.15, 0.2) is 72.8 Å². The summed E-state index contributed by atoms with van der Waals surface area (Å²) in [5, 5.41) is 3.09. The Morgan fingerprint density at radius 3 is 2.28 bits per heavy atom. The van der Waals surface area contributed by atoms with Crippen LogP contribution < -0.4 is 14.8 Å². The smallest absolute Gasteiger partial charge is 0.146 e. The maximum atomic E-state index is 13.8. The highest BCUT2D eigenvalue weighted by Gasteiger charge is 2.04. The predicted molar refractivity (Wildman–Crippen MR) is 97.5 cm³/mol. The molecule has 0 amide bonds. The van der Waals surface area contributed by atoms with Crippen LogP contribution >= 0.6 is 0 Å². The lowest BCUT2D eigenvalue weighted by molar-refractivity contribution is 0.306. The molecule has 0 aliphatic rings. The number of rotatable bonds is 7. The molecule has 0 saturated carbocycles. The van der Waals surface area contributed by atoms with Gasteiger partial charge in [0.05, 0.1) is 12.8 Å². The third-order valence-electron chi connectivity index (χ3n) is 3.83. The number of nitrogens with one attached hydrogen (secondary N) is 1. The molecule has 0 saturated heterocycles. The van der Waals surface area contributed by atoms with Gasteiger partial charge in [-0.25, -0.2) is 4.39 Å². The van der Waals surface area contributed by atoms with Gasteiger partial charge in [-0.2, -0.15) is 0 Å². The average Bonchev–Trinajstić information content (AvgIpc) is 2.67. The molecule has 1 N–H and O–H groups in total. The molecule has 4 heteroatoms. The first kappa shape index (κ1) is 16.8. The van der Waals surface area contributed by atoms with Crippen LogP contribution in [0.3, 0.4) is 0 Å². The number of benzene rings is 3. The second-order valence-corrected chi connectivity index (χ2v) is 5.62. The van der Waals surface area contributed by atoms with Gasteiger partial charge in [-0.05, 0) is 35.4 Å². The zero-order chi connectivity index (χ0) is 17.5. The van der Waals surface area contributed by atoms with Gasteiger partial charge in [-0.15, -0.1) is 0 Å². The zero-order valence-electron chi connectivity index (χ0n) is 14.0. The Bertz CT molecular complexity index is 804. The predicted octanol–water partition coefficient (Wildman–Crippen LogP) is 5.03. The molecule has 0 heterocycles. The average molecular weight is 337 g/mol. The van der Waals surface area contributed by atoms with E-state index in [0.717, 1.165) is 16.9 Å². The van der Waals surface area contributed by atoms with Crippen molar-refractivity contribution < 1.29 is 13.9 Å². The third kappa shape index (κ3) is 4.73. The monoisotopic (exact) mass is 337 g/mol. The number of hydrogen-bond donors (Lipinski definition) is 1. The number of ether oxygens (including phenoxy) is 2. The minimum atomic E-state index is -0.302. The highest BCUT2D eigenvalue weighted by atomic mass is 19.1. The fraction of sp³-hybridized carbons (Fsp3) is 0.143. The van der Waals surface area contributed by atoms with Gasteiger partial charge in [0.15, 0.2) is 0 Å². The molecule has 0 aromatic heterocycles. The minimum absolute atomic E-state index is 0.302. The van der Waals surface area contributed by atoms with Gasteiger partial charge < -0.3 is 14.8 Å². The van der Waals surface area contributed by atoms with E-state index in [1.165, 1.54) is 6.07 Å². The van der Waals surface area contributed by atoms with Gasteiger partial charge >= 0.3 is 0 Å². The normalized spacial score (nSPS) is 10.3. The van der Waals surface area contributed by atoms with E-state index in [2.05, 4.69) is 5.32 Å². The minimum Gasteiger partial charge on any atom is -0.497 e. The number of hydrogen-bond acceptors (Lipinski definition) is 3. The number of anilines is 1. The second kappa shape index (κ2) is 8.20. The molecule has 0 aliphatic heterocycles. The SMILES string of the molecule is COc1ccc(F)c(NCc2ccc(OCc3ccccc3)cc2)c1. The van der Waals surface area contributed by atoms with Crippen molar-refractivity contribution in [3.8, 4) is 11.5 Å². The highest BCUT2D eigenvalue weighted by molar-refractivity contribution is 5.50. The topological polar surface area (TPSA) is 30.5 Å². The van der Waals surface area contributed by atoms with E-state index in [0.29, 0.717) is 24.6 Å². The first-order valence-corrected chi connectivity index (χ1v) is 8.07. The lowest BCUT2D eigenvalue weighted by Crippen LogP contribution is -2.02. The van der Waals surface area contributed by atoms with E-state index in [1.807, 2.05) is 54.6 Å².